The van der Waals surface area contributed by atoms with Gasteiger partial charge in [0.2, 0.25) is 0 Å². The highest BCUT2D eigenvalue weighted by Crippen LogP contribution is 2.12. The predicted octanol–water partition coefficient (Wildman–Crippen LogP) is 0.788. The molecule has 0 radical (unpaired) electrons. The van der Waals surface area contributed by atoms with Gasteiger partial charge in [-0.15, -0.1) is 0 Å². The van der Waals surface area contributed by atoms with Crippen LogP contribution in [0.4, 0.5) is 0 Å². The molecule has 1 atom stereocenters. The fraction of sp³-hybridized carbons (Fsp3) is 1.00. The zero-order valence-corrected chi connectivity index (χ0v) is 10.4. The van der Waals surface area contributed by atoms with Crippen molar-refractivity contribution in [2.24, 2.45) is 0 Å². The molecule has 0 aliphatic heterocycles. The molecule has 0 heterocycles. The van der Waals surface area contributed by atoms with Gasteiger partial charge >= 0.3 is 0 Å². The fourth-order valence-corrected chi connectivity index (χ4v) is 1.11. The number of rotatable bonds is 9. The van der Waals surface area contributed by atoms with Crippen molar-refractivity contribution in [1.82, 2.24) is 5.32 Å². The SMILES string of the molecule is CCNC(CO)COCCC(C)(C)OC. The van der Waals surface area contributed by atoms with Gasteiger partial charge in [-0.25, -0.2) is 0 Å². The summed E-state index contributed by atoms with van der Waals surface area (Å²) >= 11 is 0. The van der Waals surface area contributed by atoms with Crippen LogP contribution in [0.5, 0.6) is 0 Å². The summed E-state index contributed by atoms with van der Waals surface area (Å²) < 4.78 is 10.7. The van der Waals surface area contributed by atoms with Crippen LogP contribution in [0, 0.1) is 0 Å². The van der Waals surface area contributed by atoms with Crippen LogP contribution in [0.1, 0.15) is 27.2 Å². The third kappa shape index (κ3) is 7.73. The molecule has 0 aromatic heterocycles. The van der Waals surface area contributed by atoms with E-state index in [0.29, 0.717) is 13.2 Å². The van der Waals surface area contributed by atoms with Crippen LogP contribution in [0.15, 0.2) is 0 Å². The molecule has 0 aliphatic rings. The first-order chi connectivity index (χ1) is 7.05. The Labute approximate surface area is 93.0 Å². The lowest BCUT2D eigenvalue weighted by atomic mass is 10.1. The third-order valence-corrected chi connectivity index (χ3v) is 2.43. The molecule has 0 saturated carbocycles. The van der Waals surface area contributed by atoms with E-state index in [1.807, 2.05) is 20.8 Å². The Balaban J connectivity index is 3.52. The van der Waals surface area contributed by atoms with Gasteiger partial charge in [-0.3, -0.25) is 0 Å². The van der Waals surface area contributed by atoms with Gasteiger partial charge in [0.1, 0.15) is 0 Å². The van der Waals surface area contributed by atoms with Crippen LogP contribution >= 0.6 is 0 Å². The summed E-state index contributed by atoms with van der Waals surface area (Å²) in [7, 11) is 1.70. The fourth-order valence-electron chi connectivity index (χ4n) is 1.11. The molecule has 2 N–H and O–H groups in total. The number of hydrogen-bond donors (Lipinski definition) is 2. The van der Waals surface area contributed by atoms with Gasteiger partial charge in [0.15, 0.2) is 0 Å². The molecule has 15 heavy (non-hydrogen) atoms. The summed E-state index contributed by atoms with van der Waals surface area (Å²) in [5.74, 6) is 0. The van der Waals surface area contributed by atoms with E-state index < -0.39 is 0 Å². The molecule has 0 fully saturated rings. The number of methoxy groups -OCH3 is 1. The molecule has 0 amide bonds. The number of ether oxygens (including phenoxy) is 2. The number of aliphatic hydroxyl groups excluding tert-OH is 1. The molecule has 4 heteroatoms. The lowest BCUT2D eigenvalue weighted by Gasteiger charge is -2.23. The van der Waals surface area contributed by atoms with Gasteiger partial charge in [-0.2, -0.15) is 0 Å². The first-order valence-corrected chi connectivity index (χ1v) is 5.53. The van der Waals surface area contributed by atoms with Crippen molar-refractivity contribution in [1.29, 1.82) is 0 Å². The number of aliphatic hydroxyl groups is 1. The molecule has 92 valence electrons. The molecule has 4 nitrogen and oxygen atoms in total. The Kier molecular flexibility index (Phi) is 7.96. The second-order valence-electron chi connectivity index (χ2n) is 4.23. The zero-order valence-electron chi connectivity index (χ0n) is 10.4. The van der Waals surface area contributed by atoms with E-state index in [0.717, 1.165) is 13.0 Å². The van der Waals surface area contributed by atoms with Crippen molar-refractivity contribution in [2.45, 2.75) is 38.8 Å². The van der Waals surface area contributed by atoms with E-state index in [4.69, 9.17) is 14.6 Å². The van der Waals surface area contributed by atoms with E-state index in [9.17, 15) is 0 Å². The standard InChI is InChI=1S/C11H25NO3/c1-5-12-10(8-13)9-15-7-6-11(2,3)14-4/h10,12-13H,5-9H2,1-4H3. The number of likely N-dealkylation sites (N-methyl/N-ethyl adjacent to an activating group) is 1. The normalized spacial score (nSPS) is 14.2. The van der Waals surface area contributed by atoms with Crippen molar-refractivity contribution >= 4 is 0 Å². The second kappa shape index (κ2) is 8.05. The molecule has 0 aromatic rings. The Hall–Kier alpha value is -0.160. The lowest BCUT2D eigenvalue weighted by Crippen LogP contribution is -2.37. The van der Waals surface area contributed by atoms with Crippen molar-refractivity contribution in [3.8, 4) is 0 Å². The molecule has 0 bridgehead atoms. The van der Waals surface area contributed by atoms with Crippen LogP contribution in [0.25, 0.3) is 0 Å². The van der Waals surface area contributed by atoms with Gasteiger partial charge in [-0.05, 0) is 26.8 Å². The Morgan fingerprint density at radius 1 is 1.40 bits per heavy atom. The average molecular weight is 219 g/mol. The summed E-state index contributed by atoms with van der Waals surface area (Å²) in [5, 5.41) is 12.1. The molecular formula is C11H25NO3. The average Bonchev–Trinajstić information content (AvgIpc) is 2.22. The minimum absolute atomic E-state index is 0.0423. The van der Waals surface area contributed by atoms with E-state index in [-0.39, 0.29) is 18.2 Å². The smallest absolute Gasteiger partial charge is 0.0644 e. The molecule has 0 aliphatic carbocycles. The Bertz CT molecular complexity index is 151. The second-order valence-corrected chi connectivity index (χ2v) is 4.23. The maximum Gasteiger partial charge on any atom is 0.0644 e. The minimum atomic E-state index is -0.132. The van der Waals surface area contributed by atoms with Crippen LogP contribution in [-0.4, -0.2) is 50.2 Å². The molecule has 0 saturated heterocycles. The van der Waals surface area contributed by atoms with E-state index in [2.05, 4.69) is 5.32 Å². The highest BCUT2D eigenvalue weighted by Gasteiger charge is 2.16. The van der Waals surface area contributed by atoms with Crippen LogP contribution < -0.4 is 5.32 Å². The van der Waals surface area contributed by atoms with Gasteiger partial charge in [0.05, 0.1) is 24.9 Å². The summed E-state index contributed by atoms with van der Waals surface area (Å²) in [4.78, 5) is 0. The molecular weight excluding hydrogens is 194 g/mol. The largest absolute Gasteiger partial charge is 0.395 e. The van der Waals surface area contributed by atoms with Crippen molar-refractivity contribution in [3.63, 3.8) is 0 Å². The first kappa shape index (κ1) is 14.8. The summed E-state index contributed by atoms with van der Waals surface area (Å²) in [5.41, 5.74) is -0.132. The zero-order chi connectivity index (χ0) is 11.7. The first-order valence-electron chi connectivity index (χ1n) is 5.53. The molecule has 0 spiro atoms. The predicted molar refractivity (Wildman–Crippen MR) is 61.1 cm³/mol. The highest BCUT2D eigenvalue weighted by atomic mass is 16.5. The van der Waals surface area contributed by atoms with Gasteiger partial charge in [0.25, 0.3) is 0 Å². The van der Waals surface area contributed by atoms with Crippen LogP contribution in [-0.2, 0) is 9.47 Å². The monoisotopic (exact) mass is 219 g/mol. The van der Waals surface area contributed by atoms with Crippen molar-refractivity contribution in [3.05, 3.63) is 0 Å². The quantitative estimate of drug-likeness (QED) is 0.563. The van der Waals surface area contributed by atoms with E-state index in [1.54, 1.807) is 7.11 Å². The van der Waals surface area contributed by atoms with E-state index >= 15 is 0 Å². The van der Waals surface area contributed by atoms with Crippen LogP contribution in [0.3, 0.4) is 0 Å². The topological polar surface area (TPSA) is 50.7 Å². The minimum Gasteiger partial charge on any atom is -0.395 e. The lowest BCUT2D eigenvalue weighted by molar-refractivity contribution is -0.0140. The van der Waals surface area contributed by atoms with E-state index in [1.165, 1.54) is 0 Å². The Morgan fingerprint density at radius 2 is 2.07 bits per heavy atom. The summed E-state index contributed by atoms with van der Waals surface area (Å²) in [6.07, 6.45) is 0.855. The number of nitrogens with one attached hydrogen (secondary N) is 1. The third-order valence-electron chi connectivity index (χ3n) is 2.43. The maximum atomic E-state index is 9.00. The molecule has 1 unspecified atom stereocenters. The molecule has 0 aromatic carbocycles. The van der Waals surface area contributed by atoms with Crippen LogP contribution in [0.2, 0.25) is 0 Å². The highest BCUT2D eigenvalue weighted by molar-refractivity contribution is 4.68. The van der Waals surface area contributed by atoms with Crippen molar-refractivity contribution in [2.75, 3.05) is 33.5 Å². The molecule has 0 rings (SSSR count). The summed E-state index contributed by atoms with van der Waals surface area (Å²) in [6.45, 7) is 8.23. The number of hydrogen-bond acceptors (Lipinski definition) is 4. The Morgan fingerprint density at radius 3 is 2.53 bits per heavy atom. The van der Waals surface area contributed by atoms with Gasteiger partial charge in [0, 0.05) is 13.7 Å². The van der Waals surface area contributed by atoms with Gasteiger partial charge < -0.3 is 19.9 Å². The summed E-state index contributed by atoms with van der Waals surface area (Å²) in [6, 6.07) is 0.0423. The van der Waals surface area contributed by atoms with Gasteiger partial charge in [-0.1, -0.05) is 6.92 Å². The maximum absolute atomic E-state index is 9.00. The van der Waals surface area contributed by atoms with Crippen molar-refractivity contribution < 1.29 is 14.6 Å².